The fraction of sp³-hybridized carbons (Fsp3) is 0. The predicted octanol–water partition coefficient (Wildman–Crippen LogP) is 4.56. The van der Waals surface area contributed by atoms with E-state index in [0.717, 1.165) is 11.3 Å². The first-order valence-corrected chi connectivity index (χ1v) is 8.39. The molecular weight excluding hydrogens is 382 g/mol. The molecule has 3 rings (SSSR count). The van der Waals surface area contributed by atoms with Crippen LogP contribution in [0.4, 0.5) is 5.69 Å². The second-order valence-corrected chi connectivity index (χ2v) is 7.09. The number of aromatic hydroxyl groups is 1. The summed E-state index contributed by atoms with van der Waals surface area (Å²) in [5.41, 5.74) is 1.58. The highest BCUT2D eigenvalue weighted by molar-refractivity contribution is 9.10. The highest BCUT2D eigenvalue weighted by atomic mass is 79.9. The van der Waals surface area contributed by atoms with Gasteiger partial charge in [-0.3, -0.25) is 9.69 Å². The Morgan fingerprint density at radius 3 is 2.59 bits per heavy atom. The molecule has 1 saturated heterocycles. The first-order chi connectivity index (χ1) is 10.6. The number of phenols is 1. The van der Waals surface area contributed by atoms with Gasteiger partial charge >= 0.3 is 0 Å². The topological polar surface area (TPSA) is 40.5 Å². The third kappa shape index (κ3) is 2.95. The monoisotopic (exact) mass is 391 g/mol. The van der Waals surface area contributed by atoms with Crippen LogP contribution in [0.3, 0.4) is 0 Å². The van der Waals surface area contributed by atoms with Crippen LogP contribution in [0.1, 0.15) is 5.56 Å². The van der Waals surface area contributed by atoms with Crippen LogP contribution in [-0.4, -0.2) is 15.3 Å². The average Bonchev–Trinajstić information content (AvgIpc) is 2.78. The zero-order valence-corrected chi connectivity index (χ0v) is 14.4. The van der Waals surface area contributed by atoms with Crippen molar-refractivity contribution in [2.45, 2.75) is 0 Å². The molecule has 0 radical (unpaired) electrons. The summed E-state index contributed by atoms with van der Waals surface area (Å²) >= 11 is 9.85. The molecule has 1 amide bonds. The molecule has 1 aliphatic rings. The van der Waals surface area contributed by atoms with Gasteiger partial charge in [0.1, 0.15) is 5.75 Å². The maximum atomic E-state index is 12.6. The lowest BCUT2D eigenvalue weighted by molar-refractivity contribution is -0.113. The van der Waals surface area contributed by atoms with E-state index in [9.17, 15) is 9.90 Å². The zero-order chi connectivity index (χ0) is 15.7. The number of amides is 1. The van der Waals surface area contributed by atoms with Gasteiger partial charge in [-0.15, -0.1) is 0 Å². The predicted molar refractivity (Wildman–Crippen MR) is 97.9 cm³/mol. The van der Waals surface area contributed by atoms with E-state index in [-0.39, 0.29) is 11.7 Å². The molecular formula is C16H10BrNO2S2. The Kier molecular flexibility index (Phi) is 4.33. The number of thioether (sulfide) groups is 1. The Balaban J connectivity index is 1.93. The minimum atomic E-state index is -0.134. The van der Waals surface area contributed by atoms with Gasteiger partial charge < -0.3 is 5.11 Å². The van der Waals surface area contributed by atoms with E-state index in [2.05, 4.69) is 15.9 Å². The second kappa shape index (κ2) is 6.24. The summed E-state index contributed by atoms with van der Waals surface area (Å²) in [6.07, 6.45) is 1.77. The summed E-state index contributed by atoms with van der Waals surface area (Å²) in [4.78, 5) is 14.7. The van der Waals surface area contributed by atoms with Crippen molar-refractivity contribution in [3.63, 3.8) is 0 Å². The minimum absolute atomic E-state index is 0.134. The first kappa shape index (κ1) is 15.3. The highest BCUT2D eigenvalue weighted by Gasteiger charge is 2.33. The van der Waals surface area contributed by atoms with E-state index in [4.69, 9.17) is 12.2 Å². The van der Waals surface area contributed by atoms with Crippen LogP contribution < -0.4 is 4.90 Å². The number of hydrogen-bond acceptors (Lipinski definition) is 4. The number of nitrogens with zero attached hydrogens (tertiary/aromatic N) is 1. The average molecular weight is 392 g/mol. The molecule has 0 atom stereocenters. The van der Waals surface area contributed by atoms with Crippen LogP contribution in [0, 0.1) is 0 Å². The van der Waals surface area contributed by atoms with Crippen LogP contribution in [0.5, 0.6) is 5.75 Å². The molecule has 0 bridgehead atoms. The van der Waals surface area contributed by atoms with Gasteiger partial charge in [-0.05, 0) is 51.8 Å². The van der Waals surface area contributed by atoms with Crippen LogP contribution in [0.15, 0.2) is 57.9 Å². The summed E-state index contributed by atoms with van der Waals surface area (Å²) in [7, 11) is 0. The molecule has 2 aromatic carbocycles. The van der Waals surface area contributed by atoms with E-state index in [1.54, 1.807) is 24.3 Å². The molecule has 1 fully saturated rings. The van der Waals surface area contributed by atoms with Gasteiger partial charge in [-0.1, -0.05) is 48.2 Å². The molecule has 1 N–H and O–H groups in total. The molecule has 1 heterocycles. The van der Waals surface area contributed by atoms with Gasteiger partial charge in [-0.2, -0.15) is 0 Å². The SMILES string of the molecule is O=C1/C(=C\c2ccc(O)c(Br)c2)SC(=S)N1c1ccccc1. The van der Waals surface area contributed by atoms with Crippen LogP contribution in [0.25, 0.3) is 6.08 Å². The molecule has 0 saturated carbocycles. The number of para-hydroxylation sites is 1. The molecule has 0 aromatic heterocycles. The molecule has 1 aliphatic heterocycles. The number of carbonyl (C=O) groups excluding carboxylic acids is 1. The molecule has 0 unspecified atom stereocenters. The van der Waals surface area contributed by atoms with Gasteiger partial charge in [0.05, 0.1) is 15.1 Å². The van der Waals surface area contributed by atoms with E-state index >= 15 is 0 Å². The molecule has 6 heteroatoms. The number of carbonyl (C=O) groups is 1. The summed E-state index contributed by atoms with van der Waals surface area (Å²) < 4.78 is 1.10. The molecule has 2 aromatic rings. The summed E-state index contributed by atoms with van der Waals surface area (Å²) in [5.74, 6) is 0.0272. The number of anilines is 1. The van der Waals surface area contributed by atoms with E-state index < -0.39 is 0 Å². The maximum absolute atomic E-state index is 12.6. The minimum Gasteiger partial charge on any atom is -0.507 e. The van der Waals surface area contributed by atoms with Crippen molar-refractivity contribution in [3.05, 3.63) is 63.5 Å². The van der Waals surface area contributed by atoms with E-state index in [1.807, 2.05) is 30.3 Å². The van der Waals surface area contributed by atoms with Crippen molar-refractivity contribution >= 4 is 61.9 Å². The lowest BCUT2D eigenvalue weighted by Crippen LogP contribution is -2.27. The fourth-order valence-electron chi connectivity index (χ4n) is 2.03. The van der Waals surface area contributed by atoms with Gasteiger partial charge in [0.25, 0.3) is 5.91 Å². The second-order valence-electron chi connectivity index (χ2n) is 4.56. The normalized spacial score (nSPS) is 16.6. The first-order valence-electron chi connectivity index (χ1n) is 6.38. The Bertz CT molecular complexity index is 790. The number of benzene rings is 2. The zero-order valence-electron chi connectivity index (χ0n) is 11.2. The van der Waals surface area contributed by atoms with Crippen molar-refractivity contribution in [2.75, 3.05) is 4.90 Å². The van der Waals surface area contributed by atoms with Crippen molar-refractivity contribution in [2.24, 2.45) is 0 Å². The molecule has 0 spiro atoms. The maximum Gasteiger partial charge on any atom is 0.270 e. The number of rotatable bonds is 2. The Morgan fingerprint density at radius 2 is 1.91 bits per heavy atom. The molecule has 3 nitrogen and oxygen atoms in total. The summed E-state index contributed by atoms with van der Waals surface area (Å²) in [6, 6.07) is 14.4. The van der Waals surface area contributed by atoms with Crippen molar-refractivity contribution in [3.8, 4) is 5.75 Å². The molecule has 110 valence electrons. The van der Waals surface area contributed by atoms with Crippen molar-refractivity contribution in [1.29, 1.82) is 0 Å². The van der Waals surface area contributed by atoms with Crippen LogP contribution in [-0.2, 0) is 4.79 Å². The van der Waals surface area contributed by atoms with Crippen molar-refractivity contribution < 1.29 is 9.90 Å². The van der Waals surface area contributed by atoms with Gasteiger partial charge in [0.2, 0.25) is 0 Å². The van der Waals surface area contributed by atoms with Crippen molar-refractivity contribution in [1.82, 2.24) is 0 Å². The smallest absolute Gasteiger partial charge is 0.270 e. The third-order valence-corrected chi connectivity index (χ3v) is 5.01. The fourth-order valence-corrected chi connectivity index (χ4v) is 3.73. The number of hydrogen-bond donors (Lipinski definition) is 1. The molecule has 0 aliphatic carbocycles. The standard InChI is InChI=1S/C16H10BrNO2S2/c17-12-8-10(6-7-13(12)19)9-14-15(20)18(16(21)22-14)11-4-2-1-3-5-11/h1-9,19H/b14-9+. The van der Waals surface area contributed by atoms with E-state index in [0.29, 0.717) is 13.7 Å². The quantitative estimate of drug-likeness (QED) is 0.601. The lowest BCUT2D eigenvalue weighted by Gasteiger charge is -2.13. The van der Waals surface area contributed by atoms with Crippen LogP contribution >= 0.6 is 39.9 Å². The highest BCUT2D eigenvalue weighted by Crippen LogP contribution is 2.36. The van der Waals surface area contributed by atoms with Crippen LogP contribution in [0.2, 0.25) is 0 Å². The summed E-state index contributed by atoms with van der Waals surface area (Å²) in [5, 5.41) is 9.52. The Hall–Kier alpha value is -1.63. The lowest BCUT2D eigenvalue weighted by atomic mass is 10.2. The molecule has 22 heavy (non-hydrogen) atoms. The largest absolute Gasteiger partial charge is 0.507 e. The number of phenolic OH excluding ortho intramolecular Hbond substituents is 1. The van der Waals surface area contributed by atoms with Gasteiger partial charge in [0, 0.05) is 0 Å². The summed E-state index contributed by atoms with van der Waals surface area (Å²) in [6.45, 7) is 0. The van der Waals surface area contributed by atoms with E-state index in [1.165, 1.54) is 16.7 Å². The number of thiocarbonyl (C=S) groups is 1. The Labute approximate surface area is 145 Å². The van der Waals surface area contributed by atoms with Gasteiger partial charge in [0.15, 0.2) is 4.32 Å². The third-order valence-electron chi connectivity index (χ3n) is 3.08. The number of halogens is 1. The van der Waals surface area contributed by atoms with Gasteiger partial charge in [-0.25, -0.2) is 0 Å². The Morgan fingerprint density at radius 1 is 1.18 bits per heavy atom.